The molecule has 1 N–H and O–H groups in total. The molecular formula is C26H24N4O6. The van der Waals surface area contributed by atoms with Gasteiger partial charge in [0, 0.05) is 31.7 Å². The van der Waals surface area contributed by atoms with Crippen LogP contribution < -0.4 is 16.0 Å². The van der Waals surface area contributed by atoms with E-state index in [-0.39, 0.29) is 24.1 Å². The number of piperazine rings is 1. The summed E-state index contributed by atoms with van der Waals surface area (Å²) in [6.45, 7) is 1.60. The van der Waals surface area contributed by atoms with Crippen LogP contribution in [0.3, 0.4) is 0 Å². The van der Waals surface area contributed by atoms with E-state index in [1.165, 1.54) is 12.3 Å². The molecule has 0 saturated carbocycles. The number of benzene rings is 2. The van der Waals surface area contributed by atoms with Gasteiger partial charge < -0.3 is 23.9 Å². The molecule has 36 heavy (non-hydrogen) atoms. The maximum atomic E-state index is 13.1. The van der Waals surface area contributed by atoms with Crippen LogP contribution >= 0.6 is 0 Å². The minimum Gasteiger partial charge on any atom is -0.497 e. The third-order valence-electron chi connectivity index (χ3n) is 6.31. The Hall–Kier alpha value is -4.60. The fraction of sp³-hybridized carbons (Fsp3) is 0.231. The van der Waals surface area contributed by atoms with Crippen LogP contribution in [0, 0.1) is 0 Å². The van der Waals surface area contributed by atoms with Crippen molar-refractivity contribution in [2.45, 2.75) is 6.54 Å². The Balaban J connectivity index is 1.33. The van der Waals surface area contributed by atoms with Gasteiger partial charge in [-0.3, -0.25) is 19.0 Å². The zero-order chi connectivity index (χ0) is 25.2. The average molecular weight is 489 g/mol. The molecule has 1 aliphatic heterocycles. The highest BCUT2D eigenvalue weighted by atomic mass is 16.5. The maximum absolute atomic E-state index is 13.1. The van der Waals surface area contributed by atoms with Gasteiger partial charge in [0.2, 0.25) is 0 Å². The summed E-state index contributed by atoms with van der Waals surface area (Å²) in [6, 6.07) is 15.0. The van der Waals surface area contributed by atoms with E-state index in [4.69, 9.17) is 9.15 Å². The normalized spacial score (nSPS) is 13.7. The van der Waals surface area contributed by atoms with Gasteiger partial charge in [-0.15, -0.1) is 0 Å². The Labute approximate surface area is 205 Å². The number of hydrogen-bond donors (Lipinski definition) is 1. The number of nitrogens with one attached hydrogen (secondary N) is 1. The lowest BCUT2D eigenvalue weighted by Crippen LogP contribution is -2.50. The highest BCUT2D eigenvalue weighted by molar-refractivity contribution is 5.98. The van der Waals surface area contributed by atoms with Crippen molar-refractivity contribution in [1.82, 2.24) is 19.4 Å². The van der Waals surface area contributed by atoms with E-state index in [1.54, 1.807) is 65.4 Å². The van der Waals surface area contributed by atoms with Crippen molar-refractivity contribution in [2.75, 3.05) is 33.3 Å². The number of furan rings is 1. The predicted octanol–water partition coefficient (Wildman–Crippen LogP) is 1.94. The number of fused-ring (bicyclic) bond motifs is 1. The van der Waals surface area contributed by atoms with Crippen molar-refractivity contribution in [1.29, 1.82) is 0 Å². The standard InChI is InChI=1S/C26H24N4O6/c1-35-19-7-4-17(5-8-19)16-30-24(32)20-9-6-18(15-21(20)27-26(30)34)23(31)28-10-12-29(13-11-28)25(33)22-3-2-14-36-22/h2-9,14-15H,10-13,16H2,1H3,(H,27,34). The van der Waals surface area contributed by atoms with E-state index in [1.807, 2.05) is 0 Å². The fourth-order valence-electron chi connectivity index (χ4n) is 4.30. The highest BCUT2D eigenvalue weighted by Gasteiger charge is 2.27. The number of H-pyrrole nitrogens is 1. The third kappa shape index (κ3) is 4.40. The van der Waals surface area contributed by atoms with Gasteiger partial charge in [-0.1, -0.05) is 12.1 Å². The average Bonchev–Trinajstić information content (AvgIpc) is 3.45. The molecule has 1 saturated heterocycles. The Morgan fingerprint density at radius 3 is 2.28 bits per heavy atom. The van der Waals surface area contributed by atoms with Gasteiger partial charge in [-0.25, -0.2) is 4.79 Å². The first-order valence-corrected chi connectivity index (χ1v) is 11.5. The SMILES string of the molecule is COc1ccc(Cn2c(=O)[nH]c3cc(C(=O)N4CCN(C(=O)c5ccco5)CC4)ccc3c2=O)cc1. The monoisotopic (exact) mass is 488 g/mol. The van der Waals surface area contributed by atoms with E-state index >= 15 is 0 Å². The van der Waals surface area contributed by atoms with Crippen molar-refractivity contribution >= 4 is 22.7 Å². The topological polar surface area (TPSA) is 118 Å². The Bertz CT molecular complexity index is 1530. The molecule has 1 aliphatic rings. The van der Waals surface area contributed by atoms with Crippen molar-refractivity contribution in [3.63, 3.8) is 0 Å². The summed E-state index contributed by atoms with van der Waals surface area (Å²) in [5.41, 5.74) is 0.440. The van der Waals surface area contributed by atoms with Crippen molar-refractivity contribution in [3.8, 4) is 5.75 Å². The van der Waals surface area contributed by atoms with Gasteiger partial charge in [-0.05, 0) is 48.0 Å². The van der Waals surface area contributed by atoms with Crippen LogP contribution in [0.1, 0.15) is 26.5 Å². The molecule has 5 rings (SSSR count). The van der Waals surface area contributed by atoms with E-state index in [0.717, 1.165) is 10.1 Å². The van der Waals surface area contributed by atoms with Gasteiger partial charge in [-0.2, -0.15) is 0 Å². The highest BCUT2D eigenvalue weighted by Crippen LogP contribution is 2.16. The molecule has 2 amide bonds. The first-order chi connectivity index (χ1) is 17.4. The molecule has 0 atom stereocenters. The molecular weight excluding hydrogens is 464 g/mol. The number of ether oxygens (including phenoxy) is 1. The van der Waals surface area contributed by atoms with Gasteiger partial charge in [0.1, 0.15) is 5.75 Å². The van der Waals surface area contributed by atoms with Crippen LogP contribution in [0.25, 0.3) is 10.9 Å². The summed E-state index contributed by atoms with van der Waals surface area (Å²) in [4.78, 5) is 57.3. The number of aromatic amines is 1. The van der Waals surface area contributed by atoms with Crippen LogP contribution in [0.15, 0.2) is 74.9 Å². The van der Waals surface area contributed by atoms with Crippen LogP contribution in [-0.4, -0.2) is 64.5 Å². The molecule has 184 valence electrons. The predicted molar refractivity (Wildman–Crippen MR) is 131 cm³/mol. The summed E-state index contributed by atoms with van der Waals surface area (Å²) in [5, 5.41) is 0.313. The number of nitrogens with zero attached hydrogens (tertiary/aromatic N) is 3. The van der Waals surface area contributed by atoms with Gasteiger partial charge in [0.15, 0.2) is 5.76 Å². The van der Waals surface area contributed by atoms with E-state index in [9.17, 15) is 19.2 Å². The summed E-state index contributed by atoms with van der Waals surface area (Å²) in [6.07, 6.45) is 1.45. The van der Waals surface area contributed by atoms with Gasteiger partial charge in [0.25, 0.3) is 17.4 Å². The molecule has 1 fully saturated rings. The lowest BCUT2D eigenvalue weighted by Gasteiger charge is -2.34. The van der Waals surface area contributed by atoms with Crippen LogP contribution in [0.5, 0.6) is 5.75 Å². The molecule has 10 heteroatoms. The first kappa shape index (κ1) is 23.2. The van der Waals surface area contributed by atoms with E-state index in [2.05, 4.69) is 4.98 Å². The minimum atomic E-state index is -0.557. The molecule has 0 spiro atoms. The lowest BCUT2D eigenvalue weighted by atomic mass is 10.1. The molecule has 3 heterocycles. The molecule has 0 radical (unpaired) electrons. The van der Waals surface area contributed by atoms with Crippen molar-refractivity contribution in [2.24, 2.45) is 0 Å². The number of carbonyl (C=O) groups is 2. The van der Waals surface area contributed by atoms with Crippen LogP contribution in [0.2, 0.25) is 0 Å². The second-order valence-corrected chi connectivity index (χ2v) is 8.49. The van der Waals surface area contributed by atoms with Gasteiger partial charge in [0.05, 0.1) is 30.8 Å². The second-order valence-electron chi connectivity index (χ2n) is 8.49. The molecule has 0 unspecified atom stereocenters. The summed E-state index contributed by atoms with van der Waals surface area (Å²) in [7, 11) is 1.57. The molecule has 4 aromatic rings. The molecule has 2 aromatic carbocycles. The van der Waals surface area contributed by atoms with E-state index < -0.39 is 11.2 Å². The number of rotatable bonds is 5. The third-order valence-corrected chi connectivity index (χ3v) is 6.31. The summed E-state index contributed by atoms with van der Waals surface area (Å²) >= 11 is 0. The van der Waals surface area contributed by atoms with Crippen molar-refractivity contribution < 1.29 is 18.7 Å². The molecule has 10 nitrogen and oxygen atoms in total. The van der Waals surface area contributed by atoms with Gasteiger partial charge >= 0.3 is 5.69 Å². The minimum absolute atomic E-state index is 0.107. The molecule has 0 bridgehead atoms. The van der Waals surface area contributed by atoms with E-state index in [0.29, 0.717) is 48.4 Å². The number of carbonyl (C=O) groups excluding carboxylic acids is 2. The first-order valence-electron chi connectivity index (χ1n) is 11.5. The molecule has 0 aliphatic carbocycles. The Morgan fingerprint density at radius 1 is 0.944 bits per heavy atom. The van der Waals surface area contributed by atoms with Crippen LogP contribution in [0.4, 0.5) is 0 Å². The van der Waals surface area contributed by atoms with Crippen molar-refractivity contribution in [3.05, 3.63) is 98.6 Å². The Kier molecular flexibility index (Phi) is 6.16. The molecule has 2 aromatic heterocycles. The number of amides is 2. The zero-order valence-corrected chi connectivity index (χ0v) is 19.6. The quantitative estimate of drug-likeness (QED) is 0.459. The number of hydrogen-bond acceptors (Lipinski definition) is 6. The fourth-order valence-corrected chi connectivity index (χ4v) is 4.30. The van der Waals surface area contributed by atoms with Crippen LogP contribution in [-0.2, 0) is 6.54 Å². The lowest BCUT2D eigenvalue weighted by molar-refractivity contribution is 0.0518. The maximum Gasteiger partial charge on any atom is 0.329 e. The zero-order valence-electron chi connectivity index (χ0n) is 19.6. The number of aromatic nitrogens is 2. The Morgan fingerprint density at radius 2 is 1.64 bits per heavy atom. The summed E-state index contributed by atoms with van der Waals surface area (Å²) < 4.78 is 11.4. The number of methoxy groups -OCH3 is 1. The summed E-state index contributed by atoms with van der Waals surface area (Å²) in [5.74, 6) is 0.513. The largest absolute Gasteiger partial charge is 0.497 e. The second kappa shape index (κ2) is 9.57. The smallest absolute Gasteiger partial charge is 0.329 e.